The number of halogens is 1. The minimum absolute atomic E-state index is 0.0559. The largest absolute Gasteiger partial charge is 0.496 e. The van der Waals surface area contributed by atoms with Crippen molar-refractivity contribution in [1.29, 1.82) is 0 Å². The van der Waals surface area contributed by atoms with E-state index in [0.717, 1.165) is 5.56 Å². The van der Waals surface area contributed by atoms with Gasteiger partial charge in [0.1, 0.15) is 5.75 Å². The highest BCUT2D eigenvalue weighted by Gasteiger charge is 2.12. The lowest BCUT2D eigenvalue weighted by atomic mass is 10.0. The molecule has 2 aromatic carbocycles. The SMILES string of the molecule is COc1ccc(C(C)=O)cc1CC(=O)Nc1ccc(C)c(Cl)c1. The van der Waals surface area contributed by atoms with E-state index in [-0.39, 0.29) is 18.1 Å². The monoisotopic (exact) mass is 331 g/mol. The number of hydrogen-bond donors (Lipinski definition) is 1. The molecule has 0 radical (unpaired) electrons. The third-order valence-corrected chi connectivity index (χ3v) is 3.90. The number of rotatable bonds is 5. The van der Waals surface area contributed by atoms with Gasteiger partial charge in [-0.05, 0) is 49.7 Å². The molecule has 0 saturated heterocycles. The maximum Gasteiger partial charge on any atom is 0.228 e. The summed E-state index contributed by atoms with van der Waals surface area (Å²) in [6, 6.07) is 10.4. The molecule has 0 saturated carbocycles. The summed E-state index contributed by atoms with van der Waals surface area (Å²) in [5, 5.41) is 3.39. The van der Waals surface area contributed by atoms with Gasteiger partial charge in [-0.3, -0.25) is 9.59 Å². The van der Waals surface area contributed by atoms with Gasteiger partial charge in [0, 0.05) is 21.8 Å². The van der Waals surface area contributed by atoms with Gasteiger partial charge in [0.15, 0.2) is 5.78 Å². The minimum Gasteiger partial charge on any atom is -0.496 e. The first-order valence-electron chi connectivity index (χ1n) is 7.14. The van der Waals surface area contributed by atoms with E-state index in [1.807, 2.05) is 13.0 Å². The van der Waals surface area contributed by atoms with E-state index in [0.29, 0.717) is 27.6 Å². The molecular weight excluding hydrogens is 314 g/mol. The van der Waals surface area contributed by atoms with Gasteiger partial charge in [-0.1, -0.05) is 17.7 Å². The Morgan fingerprint density at radius 3 is 2.52 bits per heavy atom. The van der Waals surface area contributed by atoms with Crippen molar-refractivity contribution in [3.8, 4) is 5.75 Å². The number of ketones is 1. The van der Waals surface area contributed by atoms with E-state index in [1.165, 1.54) is 14.0 Å². The number of anilines is 1. The van der Waals surface area contributed by atoms with Crippen LogP contribution in [0.3, 0.4) is 0 Å². The van der Waals surface area contributed by atoms with Crippen molar-refractivity contribution in [3.05, 3.63) is 58.1 Å². The summed E-state index contributed by atoms with van der Waals surface area (Å²) >= 11 is 6.05. The van der Waals surface area contributed by atoms with Crippen LogP contribution in [-0.2, 0) is 11.2 Å². The highest BCUT2D eigenvalue weighted by atomic mass is 35.5. The molecule has 1 amide bonds. The maximum absolute atomic E-state index is 12.2. The molecular formula is C18H18ClNO3. The zero-order valence-electron chi connectivity index (χ0n) is 13.3. The van der Waals surface area contributed by atoms with Crippen molar-refractivity contribution >= 4 is 29.0 Å². The van der Waals surface area contributed by atoms with Crippen LogP contribution in [-0.4, -0.2) is 18.8 Å². The molecule has 0 atom stereocenters. The van der Waals surface area contributed by atoms with Gasteiger partial charge in [0.2, 0.25) is 5.91 Å². The van der Waals surface area contributed by atoms with Gasteiger partial charge >= 0.3 is 0 Å². The number of ether oxygens (including phenoxy) is 1. The third kappa shape index (κ3) is 4.33. The Morgan fingerprint density at radius 1 is 1.17 bits per heavy atom. The second-order valence-electron chi connectivity index (χ2n) is 5.27. The fraction of sp³-hybridized carbons (Fsp3) is 0.222. The lowest BCUT2D eigenvalue weighted by Gasteiger charge is -2.11. The number of aryl methyl sites for hydroxylation is 1. The summed E-state index contributed by atoms with van der Waals surface area (Å²) in [6.45, 7) is 3.38. The molecule has 2 rings (SSSR count). The summed E-state index contributed by atoms with van der Waals surface area (Å²) < 4.78 is 5.25. The second-order valence-corrected chi connectivity index (χ2v) is 5.68. The van der Waals surface area contributed by atoms with Gasteiger partial charge < -0.3 is 10.1 Å². The maximum atomic E-state index is 12.2. The number of nitrogens with one attached hydrogen (secondary N) is 1. The molecule has 4 nitrogen and oxygen atoms in total. The van der Waals surface area contributed by atoms with Gasteiger partial charge in [0.25, 0.3) is 0 Å². The topological polar surface area (TPSA) is 55.4 Å². The first-order valence-corrected chi connectivity index (χ1v) is 7.52. The standard InChI is InChI=1S/C18H18ClNO3/c1-11-4-6-15(10-16(11)19)20-18(22)9-14-8-13(12(2)21)5-7-17(14)23-3/h4-8,10H,9H2,1-3H3,(H,20,22). The number of methoxy groups -OCH3 is 1. The van der Waals surface area contributed by atoms with Crippen molar-refractivity contribution in [2.24, 2.45) is 0 Å². The van der Waals surface area contributed by atoms with E-state index in [1.54, 1.807) is 30.3 Å². The number of carbonyl (C=O) groups excluding carboxylic acids is 2. The van der Waals surface area contributed by atoms with E-state index >= 15 is 0 Å². The highest BCUT2D eigenvalue weighted by molar-refractivity contribution is 6.31. The predicted molar refractivity (Wildman–Crippen MR) is 91.5 cm³/mol. The summed E-state index contributed by atoms with van der Waals surface area (Å²) in [6.07, 6.45) is 0.107. The second kappa shape index (κ2) is 7.29. The number of amides is 1. The first-order chi connectivity index (χ1) is 10.9. The Kier molecular flexibility index (Phi) is 5.40. The molecule has 0 unspecified atom stereocenters. The van der Waals surface area contributed by atoms with E-state index in [4.69, 9.17) is 16.3 Å². The molecule has 120 valence electrons. The van der Waals surface area contributed by atoms with E-state index in [2.05, 4.69) is 5.32 Å². The van der Waals surface area contributed by atoms with Crippen molar-refractivity contribution in [1.82, 2.24) is 0 Å². The van der Waals surface area contributed by atoms with Crippen molar-refractivity contribution in [3.63, 3.8) is 0 Å². The van der Waals surface area contributed by atoms with Crippen LogP contribution in [0.4, 0.5) is 5.69 Å². The first kappa shape index (κ1) is 17.0. The van der Waals surface area contributed by atoms with Gasteiger partial charge in [-0.15, -0.1) is 0 Å². The van der Waals surface area contributed by atoms with Crippen molar-refractivity contribution in [2.45, 2.75) is 20.3 Å². The van der Waals surface area contributed by atoms with Crippen LogP contribution in [0.1, 0.15) is 28.4 Å². The van der Waals surface area contributed by atoms with Gasteiger partial charge in [-0.25, -0.2) is 0 Å². The lowest BCUT2D eigenvalue weighted by Crippen LogP contribution is -2.15. The minimum atomic E-state index is -0.205. The Morgan fingerprint density at radius 2 is 1.91 bits per heavy atom. The molecule has 23 heavy (non-hydrogen) atoms. The molecule has 0 aromatic heterocycles. The number of carbonyl (C=O) groups is 2. The zero-order valence-corrected chi connectivity index (χ0v) is 14.0. The third-order valence-electron chi connectivity index (χ3n) is 3.49. The fourth-order valence-corrected chi connectivity index (χ4v) is 2.37. The molecule has 0 aliphatic heterocycles. The van der Waals surface area contributed by atoms with Crippen molar-refractivity contribution < 1.29 is 14.3 Å². The highest BCUT2D eigenvalue weighted by Crippen LogP contribution is 2.23. The van der Waals surface area contributed by atoms with Crippen molar-refractivity contribution in [2.75, 3.05) is 12.4 Å². The molecule has 0 heterocycles. The molecule has 0 aliphatic carbocycles. The Hall–Kier alpha value is -2.33. The van der Waals surface area contributed by atoms with Gasteiger partial charge in [-0.2, -0.15) is 0 Å². The molecule has 0 fully saturated rings. The lowest BCUT2D eigenvalue weighted by molar-refractivity contribution is -0.115. The van der Waals surface area contributed by atoms with Crippen LogP contribution >= 0.6 is 11.6 Å². The molecule has 2 aromatic rings. The number of hydrogen-bond acceptors (Lipinski definition) is 3. The van der Waals surface area contributed by atoms with Gasteiger partial charge in [0.05, 0.1) is 13.5 Å². The number of benzene rings is 2. The Bertz CT molecular complexity index is 756. The van der Waals surface area contributed by atoms with Crippen LogP contribution in [0.25, 0.3) is 0 Å². The molecule has 1 N–H and O–H groups in total. The smallest absolute Gasteiger partial charge is 0.228 e. The Labute approximate surface area is 140 Å². The van der Waals surface area contributed by atoms with Crippen LogP contribution < -0.4 is 10.1 Å². The quantitative estimate of drug-likeness (QED) is 0.841. The normalized spacial score (nSPS) is 10.3. The fourth-order valence-electron chi connectivity index (χ4n) is 2.18. The molecule has 5 heteroatoms. The average Bonchev–Trinajstić information content (AvgIpc) is 2.50. The summed E-state index contributed by atoms with van der Waals surface area (Å²) in [5.41, 5.74) is 2.79. The zero-order chi connectivity index (χ0) is 17.0. The van der Waals surface area contributed by atoms with Crippen LogP contribution in [0.15, 0.2) is 36.4 Å². The van der Waals surface area contributed by atoms with Crippen LogP contribution in [0.2, 0.25) is 5.02 Å². The van der Waals surface area contributed by atoms with Crippen LogP contribution in [0, 0.1) is 6.92 Å². The van der Waals surface area contributed by atoms with Crippen LogP contribution in [0.5, 0.6) is 5.75 Å². The summed E-state index contributed by atoms with van der Waals surface area (Å²) in [5.74, 6) is 0.315. The predicted octanol–water partition coefficient (Wildman–Crippen LogP) is 4.04. The molecule has 0 spiro atoms. The molecule has 0 bridgehead atoms. The van der Waals surface area contributed by atoms with E-state index in [9.17, 15) is 9.59 Å². The summed E-state index contributed by atoms with van der Waals surface area (Å²) in [7, 11) is 1.53. The van der Waals surface area contributed by atoms with E-state index < -0.39 is 0 Å². The molecule has 0 aliphatic rings. The Balaban J connectivity index is 2.17. The summed E-state index contributed by atoms with van der Waals surface area (Å²) in [4.78, 5) is 23.7. The average molecular weight is 332 g/mol. The number of Topliss-reactive ketones (excluding diaryl/α,β-unsaturated/α-hetero) is 1.